The van der Waals surface area contributed by atoms with Crippen LogP contribution in [0.15, 0.2) is 23.8 Å². The number of Topliss-reactive ketones (excluding diaryl/α,β-unsaturated/α-hetero) is 1. The number of aromatic nitrogens is 2. The number of benzene rings is 1. The average molecular weight is 399 g/mol. The van der Waals surface area contributed by atoms with Crippen molar-refractivity contribution in [3.8, 4) is 11.5 Å². The van der Waals surface area contributed by atoms with Crippen molar-refractivity contribution in [2.45, 2.75) is 26.8 Å². The van der Waals surface area contributed by atoms with Gasteiger partial charge >= 0.3 is 0 Å². The number of methoxy groups -OCH3 is 2. The fourth-order valence-corrected chi connectivity index (χ4v) is 3.83. The van der Waals surface area contributed by atoms with Crippen LogP contribution in [0.1, 0.15) is 35.5 Å². The zero-order valence-electron chi connectivity index (χ0n) is 17.4. The van der Waals surface area contributed by atoms with E-state index in [4.69, 9.17) is 9.47 Å². The summed E-state index contributed by atoms with van der Waals surface area (Å²) in [6.45, 7) is 5.66. The van der Waals surface area contributed by atoms with Gasteiger partial charge in [0, 0.05) is 19.3 Å². The highest BCUT2D eigenvalue weighted by Gasteiger charge is 2.46. The summed E-state index contributed by atoms with van der Waals surface area (Å²) < 4.78 is 12.3. The molecule has 0 bridgehead atoms. The van der Waals surface area contributed by atoms with Gasteiger partial charge in [0.25, 0.3) is 11.7 Å². The maximum Gasteiger partial charge on any atom is 0.295 e. The van der Waals surface area contributed by atoms with Gasteiger partial charge in [0.05, 0.1) is 37.1 Å². The molecule has 154 valence electrons. The molecule has 0 spiro atoms. The number of carbonyl (C=O) groups excluding carboxylic acids is 2. The van der Waals surface area contributed by atoms with Crippen molar-refractivity contribution in [2.24, 2.45) is 7.05 Å². The van der Waals surface area contributed by atoms with E-state index >= 15 is 0 Å². The summed E-state index contributed by atoms with van der Waals surface area (Å²) in [5, 5.41) is 15.4. The Hall–Kier alpha value is -3.29. The molecule has 1 aliphatic rings. The first-order valence-electron chi connectivity index (χ1n) is 9.27. The highest BCUT2D eigenvalue weighted by molar-refractivity contribution is 6.46. The maximum atomic E-state index is 12.9. The standard InChI is InChI=1S/C21H25N3O5/c1-7-24-18(13-8-9-14(28-5)15(10-13)29-6)17(20(26)21(24)27)19(25)16-11(2)22-23(4)12(16)3/h8-10,18,25H,7H2,1-6H3/b19-17+. The second kappa shape index (κ2) is 7.62. The van der Waals surface area contributed by atoms with Crippen LogP contribution < -0.4 is 9.47 Å². The molecule has 0 radical (unpaired) electrons. The lowest BCUT2D eigenvalue weighted by Crippen LogP contribution is -2.29. The van der Waals surface area contributed by atoms with Gasteiger partial charge in [-0.05, 0) is 38.5 Å². The molecule has 3 rings (SSSR count). The van der Waals surface area contributed by atoms with E-state index in [9.17, 15) is 14.7 Å². The molecule has 1 fully saturated rings. The van der Waals surface area contributed by atoms with E-state index in [1.807, 2.05) is 0 Å². The predicted octanol–water partition coefficient (Wildman–Crippen LogP) is 2.50. The van der Waals surface area contributed by atoms with Crippen LogP contribution in [0.4, 0.5) is 0 Å². The number of ketones is 1. The van der Waals surface area contributed by atoms with Gasteiger partial charge in [-0.25, -0.2) is 0 Å². The number of nitrogens with zero attached hydrogens (tertiary/aromatic N) is 3. The second-order valence-corrected chi connectivity index (χ2v) is 6.87. The van der Waals surface area contributed by atoms with Gasteiger partial charge in [0.15, 0.2) is 11.5 Å². The van der Waals surface area contributed by atoms with Crippen LogP contribution in [0, 0.1) is 13.8 Å². The number of hydrogen-bond acceptors (Lipinski definition) is 6. The van der Waals surface area contributed by atoms with Crippen LogP contribution in [0.5, 0.6) is 11.5 Å². The predicted molar refractivity (Wildman–Crippen MR) is 107 cm³/mol. The van der Waals surface area contributed by atoms with E-state index in [2.05, 4.69) is 5.10 Å². The molecule has 8 nitrogen and oxygen atoms in total. The lowest BCUT2D eigenvalue weighted by molar-refractivity contribution is -0.139. The van der Waals surface area contributed by atoms with Crippen LogP contribution in [0.25, 0.3) is 5.76 Å². The average Bonchev–Trinajstić information content (AvgIpc) is 3.12. The molecule has 0 aliphatic carbocycles. The summed E-state index contributed by atoms with van der Waals surface area (Å²) in [5.41, 5.74) is 2.44. The number of likely N-dealkylation sites (tertiary alicyclic amines) is 1. The molecular formula is C21H25N3O5. The van der Waals surface area contributed by atoms with Crippen molar-refractivity contribution >= 4 is 17.4 Å². The van der Waals surface area contributed by atoms with Crippen molar-refractivity contribution in [1.82, 2.24) is 14.7 Å². The van der Waals surface area contributed by atoms with E-state index in [1.165, 1.54) is 19.1 Å². The van der Waals surface area contributed by atoms with Gasteiger partial charge in [-0.3, -0.25) is 14.3 Å². The van der Waals surface area contributed by atoms with Gasteiger partial charge in [0.1, 0.15) is 5.76 Å². The Labute approximate surface area is 169 Å². The normalized spacial score (nSPS) is 18.4. The monoisotopic (exact) mass is 399 g/mol. The van der Waals surface area contributed by atoms with Gasteiger partial charge in [-0.15, -0.1) is 0 Å². The Morgan fingerprint density at radius 3 is 2.34 bits per heavy atom. The topological polar surface area (TPSA) is 93.9 Å². The number of ether oxygens (including phenoxy) is 2. The minimum Gasteiger partial charge on any atom is -0.507 e. The molecule has 1 atom stereocenters. The van der Waals surface area contributed by atoms with Crippen LogP contribution in [0.3, 0.4) is 0 Å². The van der Waals surface area contributed by atoms with E-state index < -0.39 is 17.7 Å². The minimum atomic E-state index is -0.737. The van der Waals surface area contributed by atoms with Crippen molar-refractivity contribution < 1.29 is 24.2 Å². The highest BCUT2D eigenvalue weighted by Crippen LogP contribution is 2.42. The Kier molecular flexibility index (Phi) is 5.37. The third kappa shape index (κ3) is 3.14. The Morgan fingerprint density at radius 2 is 1.83 bits per heavy atom. The molecule has 1 unspecified atom stereocenters. The summed E-state index contributed by atoms with van der Waals surface area (Å²) >= 11 is 0. The van der Waals surface area contributed by atoms with Gasteiger partial charge in [0.2, 0.25) is 0 Å². The fraction of sp³-hybridized carbons (Fsp3) is 0.381. The van der Waals surface area contributed by atoms with Crippen molar-refractivity contribution in [3.63, 3.8) is 0 Å². The lowest BCUT2D eigenvalue weighted by Gasteiger charge is -2.24. The van der Waals surface area contributed by atoms with Gasteiger partial charge in [-0.2, -0.15) is 5.10 Å². The molecule has 1 aromatic carbocycles. The smallest absolute Gasteiger partial charge is 0.295 e. The Bertz CT molecular complexity index is 1020. The molecule has 2 heterocycles. The number of rotatable bonds is 5. The SMILES string of the molecule is CCN1C(=O)C(=O)/C(=C(/O)c2c(C)nn(C)c2C)C1c1ccc(OC)c(OC)c1. The van der Waals surface area contributed by atoms with Gasteiger partial charge in [-0.1, -0.05) is 6.07 Å². The molecule has 1 saturated heterocycles. The molecular weight excluding hydrogens is 374 g/mol. The Morgan fingerprint density at radius 1 is 1.17 bits per heavy atom. The summed E-state index contributed by atoms with van der Waals surface area (Å²) in [6, 6.07) is 4.45. The second-order valence-electron chi connectivity index (χ2n) is 6.87. The third-order valence-electron chi connectivity index (χ3n) is 5.35. The van der Waals surface area contributed by atoms with Crippen LogP contribution in [-0.4, -0.2) is 52.2 Å². The molecule has 0 saturated carbocycles. The number of aliphatic hydroxyl groups is 1. The molecule has 8 heteroatoms. The molecule has 1 amide bonds. The van der Waals surface area contributed by atoms with Crippen molar-refractivity contribution in [1.29, 1.82) is 0 Å². The lowest BCUT2D eigenvalue weighted by atomic mass is 9.94. The van der Waals surface area contributed by atoms with Crippen LogP contribution in [0.2, 0.25) is 0 Å². The van der Waals surface area contributed by atoms with E-state index in [1.54, 1.807) is 50.7 Å². The van der Waals surface area contributed by atoms with E-state index in [0.29, 0.717) is 40.6 Å². The number of likely N-dealkylation sites (N-methyl/N-ethyl adjacent to an activating group) is 1. The maximum absolute atomic E-state index is 12.9. The largest absolute Gasteiger partial charge is 0.507 e. The number of carbonyl (C=O) groups is 2. The van der Waals surface area contributed by atoms with Gasteiger partial charge < -0.3 is 19.5 Å². The molecule has 2 aromatic rings. The first kappa shape index (κ1) is 20.4. The van der Waals surface area contributed by atoms with Crippen molar-refractivity contribution in [3.05, 3.63) is 46.3 Å². The number of aryl methyl sites for hydroxylation is 2. The Balaban J connectivity index is 2.26. The number of aliphatic hydroxyl groups excluding tert-OH is 1. The first-order chi connectivity index (χ1) is 13.8. The summed E-state index contributed by atoms with van der Waals surface area (Å²) in [7, 11) is 4.81. The zero-order chi connectivity index (χ0) is 21.5. The number of hydrogen-bond donors (Lipinski definition) is 1. The number of amides is 1. The summed E-state index contributed by atoms with van der Waals surface area (Å²) in [6.07, 6.45) is 0. The van der Waals surface area contributed by atoms with E-state index in [0.717, 1.165) is 0 Å². The molecule has 1 aliphatic heterocycles. The highest BCUT2D eigenvalue weighted by atomic mass is 16.5. The summed E-state index contributed by atoms with van der Waals surface area (Å²) in [4.78, 5) is 27.0. The third-order valence-corrected chi connectivity index (χ3v) is 5.35. The van der Waals surface area contributed by atoms with Crippen LogP contribution in [-0.2, 0) is 16.6 Å². The minimum absolute atomic E-state index is 0.0447. The van der Waals surface area contributed by atoms with E-state index in [-0.39, 0.29) is 11.3 Å². The quantitative estimate of drug-likeness (QED) is 0.472. The van der Waals surface area contributed by atoms with Crippen molar-refractivity contribution in [2.75, 3.05) is 20.8 Å². The zero-order valence-corrected chi connectivity index (χ0v) is 17.4. The fourth-order valence-electron chi connectivity index (χ4n) is 3.83. The molecule has 1 aromatic heterocycles. The van der Waals surface area contributed by atoms with Crippen LogP contribution >= 0.6 is 0 Å². The molecule has 29 heavy (non-hydrogen) atoms. The molecule has 1 N–H and O–H groups in total. The summed E-state index contributed by atoms with van der Waals surface area (Å²) in [5.74, 6) is -0.578. The first-order valence-corrected chi connectivity index (χ1v) is 9.27.